The summed E-state index contributed by atoms with van der Waals surface area (Å²) in [6.07, 6.45) is -7.35. The van der Waals surface area contributed by atoms with Gasteiger partial charge in [-0.1, -0.05) is 48.5 Å². The molecule has 2 aromatic rings. The fraction of sp³-hybridized carbons (Fsp3) is 0.182. The maximum atomic E-state index is 12.7. The van der Waals surface area contributed by atoms with Gasteiger partial charge in [0.25, 0.3) is 0 Å². The summed E-state index contributed by atoms with van der Waals surface area (Å²) in [5.74, 6) is -10.3. The Morgan fingerprint density at radius 3 is 1.33 bits per heavy atom. The highest BCUT2D eigenvalue weighted by Crippen LogP contribution is 2.26. The zero-order valence-corrected chi connectivity index (χ0v) is 18.0. The van der Waals surface area contributed by atoms with Crippen LogP contribution in [0.1, 0.15) is 20.7 Å². The third-order valence-corrected chi connectivity index (χ3v) is 4.38. The van der Waals surface area contributed by atoms with Crippen LogP contribution < -0.4 is 0 Å². The number of rotatable bonds is 10. The van der Waals surface area contributed by atoms with Crippen molar-refractivity contribution in [3.05, 3.63) is 71.8 Å². The molecule has 0 saturated carbocycles. The predicted octanol–water partition coefficient (Wildman–Crippen LogP) is -1.13. The standard InChI is InChI=1S/C18H14O8.C4H6O6/c19-13(11-7-3-1-4-8-11)18(17(24)25,14(20)15(21)22)26-16(23)12-9-5-2-6-10-12;5-1(3(7)8)2(6)4(9)10/h1-10,14,20H,(H,21,22)(H,24,25);1-2,5-6H,(H,7,8)(H,9,10). The van der Waals surface area contributed by atoms with E-state index in [1.807, 2.05) is 0 Å². The van der Waals surface area contributed by atoms with E-state index in [0.29, 0.717) is 0 Å². The number of aliphatic hydroxyl groups is 3. The number of carboxylic acid groups (broad SMARTS) is 4. The molecule has 14 heteroatoms. The first-order valence-corrected chi connectivity index (χ1v) is 9.61. The second kappa shape index (κ2) is 12.7. The fourth-order valence-electron chi connectivity index (χ4n) is 2.51. The van der Waals surface area contributed by atoms with Gasteiger partial charge in [0.2, 0.25) is 11.9 Å². The molecule has 2 rings (SSSR count). The van der Waals surface area contributed by atoms with E-state index in [1.54, 1.807) is 12.1 Å². The van der Waals surface area contributed by atoms with Crippen LogP contribution in [0.25, 0.3) is 0 Å². The second-order valence-corrected chi connectivity index (χ2v) is 6.80. The quantitative estimate of drug-likeness (QED) is 0.114. The summed E-state index contributed by atoms with van der Waals surface area (Å²) in [5.41, 5.74) is -3.70. The maximum Gasteiger partial charge on any atom is 0.360 e. The average molecular weight is 508 g/mol. The molecule has 0 aliphatic heterocycles. The van der Waals surface area contributed by atoms with Gasteiger partial charge in [0.15, 0.2) is 12.2 Å². The number of carbonyl (C=O) groups excluding carboxylic acids is 2. The van der Waals surface area contributed by atoms with Crippen LogP contribution in [0.15, 0.2) is 60.7 Å². The van der Waals surface area contributed by atoms with Gasteiger partial charge in [0, 0.05) is 5.56 Å². The SMILES string of the molecule is O=C(O)C(O)C(O)C(=O)O.O=C(OC(C(=O)O)(C(=O)c1ccccc1)C(O)C(=O)O)c1ccccc1. The number of carboxylic acids is 4. The number of hydrogen-bond donors (Lipinski definition) is 7. The number of Topliss-reactive ketones (excluding diaryl/α,β-unsaturated/α-hetero) is 1. The zero-order valence-electron chi connectivity index (χ0n) is 18.0. The summed E-state index contributed by atoms with van der Waals surface area (Å²) in [6.45, 7) is 0. The van der Waals surface area contributed by atoms with E-state index in [4.69, 9.17) is 30.3 Å². The lowest BCUT2D eigenvalue weighted by Crippen LogP contribution is -2.61. The Kier molecular flexibility index (Phi) is 10.4. The molecule has 192 valence electrons. The molecular weight excluding hydrogens is 488 g/mol. The van der Waals surface area contributed by atoms with Gasteiger partial charge in [0.1, 0.15) is 0 Å². The molecule has 4 unspecified atom stereocenters. The van der Waals surface area contributed by atoms with Gasteiger partial charge in [0.05, 0.1) is 5.56 Å². The van der Waals surface area contributed by atoms with Crippen LogP contribution in [-0.4, -0.2) is 95.3 Å². The molecule has 2 aromatic carbocycles. The highest BCUT2D eigenvalue weighted by Gasteiger charge is 2.59. The summed E-state index contributed by atoms with van der Waals surface area (Å²) in [7, 11) is 0. The Labute approximate surface area is 201 Å². The van der Waals surface area contributed by atoms with E-state index in [0.717, 1.165) is 0 Å². The van der Waals surface area contributed by atoms with Crippen LogP contribution in [-0.2, 0) is 23.9 Å². The molecule has 0 aromatic heterocycles. The number of aliphatic carboxylic acids is 4. The Morgan fingerprint density at radius 1 is 0.611 bits per heavy atom. The lowest BCUT2D eigenvalue weighted by molar-refractivity contribution is -0.176. The lowest BCUT2D eigenvalue weighted by Gasteiger charge is -2.30. The molecule has 0 radical (unpaired) electrons. The number of carbonyl (C=O) groups is 6. The fourth-order valence-corrected chi connectivity index (χ4v) is 2.51. The average Bonchev–Trinajstić information content (AvgIpc) is 2.86. The minimum Gasteiger partial charge on any atom is -0.479 e. The van der Waals surface area contributed by atoms with Crippen molar-refractivity contribution in [3.8, 4) is 0 Å². The van der Waals surface area contributed by atoms with Crippen molar-refractivity contribution in [2.75, 3.05) is 0 Å². The molecule has 0 saturated heterocycles. The van der Waals surface area contributed by atoms with Crippen LogP contribution in [0.4, 0.5) is 0 Å². The van der Waals surface area contributed by atoms with E-state index in [9.17, 15) is 39.0 Å². The van der Waals surface area contributed by atoms with E-state index >= 15 is 0 Å². The summed E-state index contributed by atoms with van der Waals surface area (Å²) >= 11 is 0. The zero-order chi connectivity index (χ0) is 27.6. The van der Waals surface area contributed by atoms with Crippen molar-refractivity contribution in [2.24, 2.45) is 0 Å². The molecule has 0 fully saturated rings. The van der Waals surface area contributed by atoms with Crippen molar-refractivity contribution >= 4 is 35.6 Å². The monoisotopic (exact) mass is 508 g/mol. The van der Waals surface area contributed by atoms with Crippen molar-refractivity contribution in [3.63, 3.8) is 0 Å². The van der Waals surface area contributed by atoms with Gasteiger partial charge in [-0.15, -0.1) is 0 Å². The molecule has 0 heterocycles. The first-order valence-electron chi connectivity index (χ1n) is 9.61. The van der Waals surface area contributed by atoms with Crippen LogP contribution >= 0.6 is 0 Å². The molecular formula is C22H20O14. The number of esters is 1. The second-order valence-electron chi connectivity index (χ2n) is 6.80. The Balaban J connectivity index is 0.000000548. The number of aliphatic hydroxyl groups excluding tert-OH is 3. The number of ketones is 1. The van der Waals surface area contributed by atoms with Crippen LogP contribution in [0, 0.1) is 0 Å². The molecule has 36 heavy (non-hydrogen) atoms. The summed E-state index contributed by atoms with van der Waals surface area (Å²) in [5, 5.41) is 61.1. The van der Waals surface area contributed by atoms with Gasteiger partial charge < -0.3 is 40.5 Å². The third-order valence-electron chi connectivity index (χ3n) is 4.38. The number of ether oxygens (including phenoxy) is 1. The molecule has 0 aliphatic rings. The molecule has 0 bridgehead atoms. The predicted molar refractivity (Wildman–Crippen MR) is 114 cm³/mol. The van der Waals surface area contributed by atoms with E-state index in [2.05, 4.69) is 0 Å². The largest absolute Gasteiger partial charge is 0.479 e. The van der Waals surface area contributed by atoms with Gasteiger partial charge in [-0.3, -0.25) is 4.79 Å². The molecule has 0 amide bonds. The molecule has 0 aliphatic carbocycles. The lowest BCUT2D eigenvalue weighted by atomic mass is 9.87. The normalized spacial score (nSPS) is 14.4. The molecule has 0 spiro atoms. The van der Waals surface area contributed by atoms with Crippen LogP contribution in [0.2, 0.25) is 0 Å². The van der Waals surface area contributed by atoms with Gasteiger partial charge in [-0.25, -0.2) is 24.0 Å². The van der Waals surface area contributed by atoms with E-state index in [1.165, 1.54) is 48.5 Å². The van der Waals surface area contributed by atoms with Crippen molar-refractivity contribution in [2.45, 2.75) is 23.9 Å². The highest BCUT2D eigenvalue weighted by molar-refractivity contribution is 6.19. The van der Waals surface area contributed by atoms with E-state index < -0.39 is 59.5 Å². The summed E-state index contributed by atoms with van der Waals surface area (Å²) < 4.78 is 4.81. The van der Waals surface area contributed by atoms with Crippen molar-refractivity contribution in [1.82, 2.24) is 0 Å². The minimum absolute atomic E-state index is 0.114. The van der Waals surface area contributed by atoms with Crippen molar-refractivity contribution in [1.29, 1.82) is 0 Å². The number of hydrogen-bond acceptors (Lipinski definition) is 10. The topological polar surface area (TPSA) is 253 Å². The maximum absolute atomic E-state index is 12.7. The molecule has 14 nitrogen and oxygen atoms in total. The Bertz CT molecular complexity index is 1100. The first-order chi connectivity index (χ1) is 16.8. The minimum atomic E-state index is -3.35. The highest BCUT2D eigenvalue weighted by atomic mass is 16.6. The van der Waals surface area contributed by atoms with Crippen molar-refractivity contribution < 1.29 is 69.2 Å². The van der Waals surface area contributed by atoms with E-state index in [-0.39, 0.29) is 11.1 Å². The summed E-state index contributed by atoms with van der Waals surface area (Å²) in [4.78, 5) is 67.6. The molecule has 4 atom stereocenters. The third kappa shape index (κ3) is 6.92. The Hall–Kier alpha value is -4.66. The molecule has 7 N–H and O–H groups in total. The van der Waals surface area contributed by atoms with Gasteiger partial charge >= 0.3 is 35.4 Å². The first kappa shape index (κ1) is 29.4. The van der Waals surface area contributed by atoms with Gasteiger partial charge in [-0.05, 0) is 12.1 Å². The van der Waals surface area contributed by atoms with Crippen LogP contribution in [0.5, 0.6) is 0 Å². The number of benzene rings is 2. The summed E-state index contributed by atoms with van der Waals surface area (Å²) in [6, 6.07) is 13.9. The smallest absolute Gasteiger partial charge is 0.360 e. The Morgan fingerprint density at radius 2 is 1.00 bits per heavy atom. The van der Waals surface area contributed by atoms with Crippen LogP contribution in [0.3, 0.4) is 0 Å². The van der Waals surface area contributed by atoms with Gasteiger partial charge in [-0.2, -0.15) is 0 Å².